The predicted octanol–water partition coefficient (Wildman–Crippen LogP) is 10.1. The second-order valence-electron chi connectivity index (χ2n) is 11.3. The molecule has 2 N–H and O–H groups in total. The average molecular weight is 541 g/mol. The van der Waals surface area contributed by atoms with Crippen molar-refractivity contribution in [2.75, 3.05) is 0 Å². The molecule has 0 saturated heterocycles. The first kappa shape index (κ1) is 23.2. The van der Waals surface area contributed by atoms with Gasteiger partial charge in [-0.15, -0.1) is 0 Å². The van der Waals surface area contributed by atoms with Crippen molar-refractivity contribution in [2.24, 2.45) is 0 Å². The zero-order chi connectivity index (χ0) is 27.9. The number of phenols is 2. The van der Waals surface area contributed by atoms with Crippen molar-refractivity contribution in [3.8, 4) is 23.0 Å². The van der Waals surface area contributed by atoms with Crippen LogP contribution in [0.2, 0.25) is 0 Å². The van der Waals surface area contributed by atoms with E-state index in [-0.39, 0.29) is 17.4 Å². The number of hydrogen-bond donors (Lipinski definition) is 2. The van der Waals surface area contributed by atoms with Crippen LogP contribution in [0, 0.1) is 0 Å². The smallest absolute Gasteiger partial charge is 0.132 e. The van der Waals surface area contributed by atoms with Crippen LogP contribution in [0.4, 0.5) is 0 Å². The van der Waals surface area contributed by atoms with E-state index in [1.165, 1.54) is 16.3 Å². The largest absolute Gasteiger partial charge is 0.508 e. The summed E-state index contributed by atoms with van der Waals surface area (Å²) >= 11 is 0. The maximum absolute atomic E-state index is 10.3. The Morgan fingerprint density at radius 1 is 0.405 bits per heavy atom. The molecule has 0 amide bonds. The molecule has 0 aliphatic carbocycles. The molecule has 1 aliphatic rings. The summed E-state index contributed by atoms with van der Waals surface area (Å²) in [6.45, 7) is 0. The van der Waals surface area contributed by atoms with Crippen molar-refractivity contribution in [3.05, 3.63) is 144 Å². The highest BCUT2D eigenvalue weighted by molar-refractivity contribution is 6.05. The number of fused-ring (bicyclic) bond motifs is 9. The van der Waals surface area contributed by atoms with E-state index in [4.69, 9.17) is 4.74 Å². The van der Waals surface area contributed by atoms with Crippen LogP contribution in [-0.4, -0.2) is 10.2 Å². The minimum atomic E-state index is -0.0925. The summed E-state index contributed by atoms with van der Waals surface area (Å²) in [5.74, 6) is 2.12. The van der Waals surface area contributed by atoms with Gasteiger partial charge >= 0.3 is 0 Å². The predicted molar refractivity (Wildman–Crippen MR) is 171 cm³/mol. The molecule has 1 heterocycles. The van der Waals surface area contributed by atoms with Gasteiger partial charge in [0.15, 0.2) is 0 Å². The summed E-state index contributed by atoms with van der Waals surface area (Å²) in [6.07, 6.45) is 0. The number of rotatable bonds is 1. The maximum atomic E-state index is 10.3. The molecule has 0 spiro atoms. The second-order valence-corrected chi connectivity index (χ2v) is 11.3. The van der Waals surface area contributed by atoms with Crippen molar-refractivity contribution in [3.63, 3.8) is 0 Å². The van der Waals surface area contributed by atoms with E-state index in [9.17, 15) is 10.2 Å². The zero-order valence-corrected chi connectivity index (χ0v) is 22.5. The Morgan fingerprint density at radius 3 is 1.60 bits per heavy atom. The van der Waals surface area contributed by atoms with Crippen LogP contribution >= 0.6 is 0 Å². The Balaban J connectivity index is 1.41. The van der Waals surface area contributed by atoms with Gasteiger partial charge in [0, 0.05) is 17.0 Å². The van der Waals surface area contributed by atoms with E-state index < -0.39 is 0 Å². The van der Waals surface area contributed by atoms with Gasteiger partial charge in [0.05, 0.1) is 0 Å². The normalized spacial score (nSPS) is 14.3. The van der Waals surface area contributed by atoms with E-state index in [2.05, 4.69) is 91.0 Å². The van der Waals surface area contributed by atoms with Gasteiger partial charge in [-0.3, -0.25) is 0 Å². The molecular weight excluding hydrogens is 516 g/mol. The van der Waals surface area contributed by atoms with Crippen LogP contribution in [0.5, 0.6) is 23.0 Å². The van der Waals surface area contributed by atoms with Crippen LogP contribution in [0.3, 0.4) is 0 Å². The molecule has 0 aromatic heterocycles. The van der Waals surface area contributed by atoms with Crippen LogP contribution < -0.4 is 4.74 Å². The molecule has 0 saturated carbocycles. The summed E-state index contributed by atoms with van der Waals surface area (Å²) in [5, 5.41) is 31.4. The molecule has 42 heavy (non-hydrogen) atoms. The molecule has 8 aromatic carbocycles. The maximum Gasteiger partial charge on any atom is 0.132 e. The Kier molecular flexibility index (Phi) is 4.68. The third-order valence-electron chi connectivity index (χ3n) is 8.83. The van der Waals surface area contributed by atoms with E-state index >= 15 is 0 Å². The minimum Gasteiger partial charge on any atom is -0.508 e. The molecule has 1 unspecified atom stereocenters. The lowest BCUT2D eigenvalue weighted by Crippen LogP contribution is -2.13. The summed E-state index contributed by atoms with van der Waals surface area (Å²) in [6, 6.07) is 43.5. The molecule has 8 aromatic rings. The summed E-state index contributed by atoms with van der Waals surface area (Å²) in [5.41, 5.74) is 3.45. The number of hydrogen-bond acceptors (Lipinski definition) is 3. The second kappa shape index (κ2) is 8.48. The minimum absolute atomic E-state index is 0.0925. The Hall–Kier alpha value is -5.54. The van der Waals surface area contributed by atoms with E-state index in [1.807, 2.05) is 24.3 Å². The molecule has 0 fully saturated rings. The number of benzene rings is 8. The van der Waals surface area contributed by atoms with Crippen molar-refractivity contribution < 1.29 is 14.9 Å². The molecule has 1 aliphatic heterocycles. The molecule has 3 heteroatoms. The molecule has 9 rings (SSSR count). The first-order valence-electron chi connectivity index (χ1n) is 14.1. The van der Waals surface area contributed by atoms with Gasteiger partial charge in [-0.25, -0.2) is 0 Å². The van der Waals surface area contributed by atoms with E-state index in [0.29, 0.717) is 0 Å². The van der Waals surface area contributed by atoms with E-state index in [1.54, 1.807) is 12.1 Å². The van der Waals surface area contributed by atoms with Gasteiger partial charge in [0.1, 0.15) is 23.0 Å². The summed E-state index contributed by atoms with van der Waals surface area (Å²) < 4.78 is 6.71. The first-order chi connectivity index (χ1) is 20.6. The quantitative estimate of drug-likeness (QED) is 0.204. The average Bonchev–Trinajstić information content (AvgIpc) is 3.01. The van der Waals surface area contributed by atoms with Crippen LogP contribution in [0.15, 0.2) is 127 Å². The Labute approximate surface area is 241 Å². The fraction of sp³-hybridized carbons (Fsp3) is 0.0256. The van der Waals surface area contributed by atoms with Crippen molar-refractivity contribution in [1.82, 2.24) is 0 Å². The number of ether oxygens (including phenoxy) is 1. The van der Waals surface area contributed by atoms with Gasteiger partial charge in [-0.1, -0.05) is 66.7 Å². The van der Waals surface area contributed by atoms with Gasteiger partial charge in [-0.2, -0.15) is 0 Å². The standard InChI is InChI=1S/C39H24O3/c40-31-12-8-25-20-33-27(17-29(25)18-31)10-14-35-38(33)37(28-6-5-22-3-1-2-4-23(22)16-28)39-34-21-30-19-32(41)11-7-24(30)15-26(34)9-13-36(39)42-35/h1-21,37,40-41H. The molecule has 1 atom stereocenters. The monoisotopic (exact) mass is 540 g/mol. The van der Waals surface area contributed by atoms with Crippen LogP contribution in [-0.2, 0) is 0 Å². The van der Waals surface area contributed by atoms with Crippen molar-refractivity contribution in [1.29, 1.82) is 0 Å². The van der Waals surface area contributed by atoms with Gasteiger partial charge in [-0.05, 0) is 120 Å². The zero-order valence-electron chi connectivity index (χ0n) is 22.5. The number of phenolic OH excluding ortho intramolecular Hbond substituents is 2. The highest BCUT2D eigenvalue weighted by atomic mass is 16.5. The molecule has 0 radical (unpaired) electrons. The van der Waals surface area contributed by atoms with Crippen molar-refractivity contribution >= 4 is 53.9 Å². The lowest BCUT2D eigenvalue weighted by atomic mass is 9.77. The van der Waals surface area contributed by atoms with Gasteiger partial charge in [0.25, 0.3) is 0 Å². The van der Waals surface area contributed by atoms with Crippen LogP contribution in [0.1, 0.15) is 22.6 Å². The van der Waals surface area contributed by atoms with Gasteiger partial charge in [0.2, 0.25) is 0 Å². The van der Waals surface area contributed by atoms with Crippen molar-refractivity contribution in [2.45, 2.75) is 5.92 Å². The third kappa shape index (κ3) is 3.40. The topological polar surface area (TPSA) is 49.7 Å². The van der Waals surface area contributed by atoms with E-state index in [0.717, 1.165) is 65.7 Å². The lowest BCUT2D eigenvalue weighted by Gasteiger charge is -2.31. The third-order valence-corrected chi connectivity index (χ3v) is 8.83. The Morgan fingerprint density at radius 2 is 0.905 bits per heavy atom. The first-order valence-corrected chi connectivity index (χ1v) is 14.1. The molecule has 3 nitrogen and oxygen atoms in total. The van der Waals surface area contributed by atoms with Gasteiger partial charge < -0.3 is 14.9 Å². The Bertz CT molecular complexity index is 2420. The molecule has 0 bridgehead atoms. The summed E-state index contributed by atoms with van der Waals surface area (Å²) in [4.78, 5) is 0. The summed E-state index contributed by atoms with van der Waals surface area (Å²) in [7, 11) is 0. The lowest BCUT2D eigenvalue weighted by molar-refractivity contribution is 0.456. The highest BCUT2D eigenvalue weighted by Gasteiger charge is 2.32. The molecular formula is C39H24O3. The highest BCUT2D eigenvalue weighted by Crippen LogP contribution is 2.53. The fourth-order valence-corrected chi connectivity index (χ4v) is 6.88. The molecule has 198 valence electrons. The van der Waals surface area contributed by atoms with Crippen LogP contribution in [0.25, 0.3) is 53.9 Å². The fourth-order valence-electron chi connectivity index (χ4n) is 6.88. The number of aromatic hydroxyl groups is 2. The SMILES string of the molecule is Oc1ccc2cc3c4c(ccc3cc2c1)Oc1ccc2cc3ccc(O)cc3cc2c1C4c1ccc2ccccc2c1.